The van der Waals surface area contributed by atoms with Crippen LogP contribution in [0.15, 0.2) is 36.5 Å². The van der Waals surface area contributed by atoms with Crippen molar-refractivity contribution in [3.05, 3.63) is 47.1 Å². The van der Waals surface area contributed by atoms with Crippen LogP contribution in [0.2, 0.25) is 5.02 Å². The first-order chi connectivity index (χ1) is 9.11. The van der Waals surface area contributed by atoms with E-state index < -0.39 is 0 Å². The number of aromatic nitrogens is 1. The van der Waals surface area contributed by atoms with Crippen LogP contribution in [0.3, 0.4) is 0 Å². The third-order valence-electron chi connectivity index (χ3n) is 2.53. The fraction of sp³-hybridized carbons (Fsp3) is 0.143. The molecule has 0 saturated carbocycles. The summed E-state index contributed by atoms with van der Waals surface area (Å²) < 4.78 is 5.62. The molecule has 0 fully saturated rings. The van der Waals surface area contributed by atoms with Gasteiger partial charge in [-0.1, -0.05) is 17.7 Å². The third-order valence-corrected chi connectivity index (χ3v) is 2.89. The van der Waals surface area contributed by atoms with Crippen LogP contribution in [-0.2, 0) is 0 Å². The molecule has 0 saturated heterocycles. The molecule has 0 aliphatic heterocycles. The van der Waals surface area contributed by atoms with E-state index in [9.17, 15) is 0 Å². The Bertz CT molecular complexity index is 635. The van der Waals surface area contributed by atoms with Gasteiger partial charge in [-0.3, -0.25) is 0 Å². The van der Waals surface area contributed by atoms with Crippen molar-refractivity contribution in [1.29, 1.82) is 5.26 Å². The molecule has 0 spiro atoms. The lowest BCUT2D eigenvalue weighted by Gasteiger charge is -2.14. The van der Waals surface area contributed by atoms with E-state index >= 15 is 0 Å². The molecule has 19 heavy (non-hydrogen) atoms. The average Bonchev–Trinajstić information content (AvgIpc) is 2.41. The standard InChI is InChI=1S/C14H12ClN3O/c1-18(2)11-4-3-5-12(8-11)19-14-13(15)10(9-16)6-7-17-14/h3-8H,1-2H3. The zero-order valence-electron chi connectivity index (χ0n) is 10.6. The second-order valence-electron chi connectivity index (χ2n) is 4.08. The summed E-state index contributed by atoms with van der Waals surface area (Å²) in [5.74, 6) is 0.854. The Morgan fingerprint density at radius 3 is 2.79 bits per heavy atom. The highest BCUT2D eigenvalue weighted by Gasteiger charge is 2.09. The SMILES string of the molecule is CN(C)c1cccc(Oc2nccc(C#N)c2Cl)c1. The molecular weight excluding hydrogens is 262 g/mol. The zero-order chi connectivity index (χ0) is 13.8. The number of anilines is 1. The smallest absolute Gasteiger partial charge is 0.239 e. The Labute approximate surface area is 116 Å². The molecule has 5 heteroatoms. The van der Waals surface area contributed by atoms with Crippen molar-refractivity contribution in [1.82, 2.24) is 4.98 Å². The Morgan fingerprint density at radius 1 is 1.32 bits per heavy atom. The quantitative estimate of drug-likeness (QED) is 0.859. The lowest BCUT2D eigenvalue weighted by Crippen LogP contribution is -2.08. The summed E-state index contributed by atoms with van der Waals surface area (Å²) in [6.07, 6.45) is 1.50. The number of hydrogen-bond donors (Lipinski definition) is 0. The van der Waals surface area contributed by atoms with Crippen LogP contribution < -0.4 is 9.64 Å². The normalized spacial score (nSPS) is 9.79. The number of ether oxygens (including phenoxy) is 1. The molecule has 0 aliphatic carbocycles. The Hall–Kier alpha value is -2.25. The molecule has 0 atom stereocenters. The van der Waals surface area contributed by atoms with Crippen LogP contribution in [0.4, 0.5) is 5.69 Å². The third kappa shape index (κ3) is 2.95. The van der Waals surface area contributed by atoms with Crippen LogP contribution in [0.1, 0.15) is 5.56 Å². The van der Waals surface area contributed by atoms with Gasteiger partial charge in [0, 0.05) is 32.0 Å². The molecule has 1 aromatic heterocycles. The van der Waals surface area contributed by atoms with Crippen LogP contribution in [-0.4, -0.2) is 19.1 Å². The number of benzene rings is 1. The number of pyridine rings is 1. The lowest BCUT2D eigenvalue weighted by molar-refractivity contribution is 0.463. The van der Waals surface area contributed by atoms with E-state index in [1.165, 1.54) is 6.20 Å². The van der Waals surface area contributed by atoms with Crippen molar-refractivity contribution in [2.75, 3.05) is 19.0 Å². The number of nitriles is 1. The molecule has 0 N–H and O–H groups in total. The van der Waals surface area contributed by atoms with Crippen molar-refractivity contribution in [3.8, 4) is 17.7 Å². The predicted molar refractivity (Wildman–Crippen MR) is 74.8 cm³/mol. The van der Waals surface area contributed by atoms with Crippen molar-refractivity contribution < 1.29 is 4.74 Å². The van der Waals surface area contributed by atoms with E-state index in [-0.39, 0.29) is 10.9 Å². The van der Waals surface area contributed by atoms with Crippen molar-refractivity contribution in [2.24, 2.45) is 0 Å². The first-order valence-electron chi connectivity index (χ1n) is 5.61. The number of nitrogens with zero attached hydrogens (tertiary/aromatic N) is 3. The van der Waals surface area contributed by atoms with Gasteiger partial charge in [0.25, 0.3) is 0 Å². The summed E-state index contributed by atoms with van der Waals surface area (Å²) >= 11 is 6.04. The molecule has 2 aromatic rings. The van der Waals surface area contributed by atoms with Gasteiger partial charge in [0.2, 0.25) is 5.88 Å². The summed E-state index contributed by atoms with van der Waals surface area (Å²) in [5, 5.41) is 9.12. The van der Waals surface area contributed by atoms with E-state index in [0.29, 0.717) is 11.3 Å². The average molecular weight is 274 g/mol. The molecule has 0 amide bonds. The minimum absolute atomic E-state index is 0.222. The first kappa shape index (κ1) is 13.2. The van der Waals surface area contributed by atoms with Gasteiger partial charge in [-0.15, -0.1) is 0 Å². The fourth-order valence-electron chi connectivity index (χ4n) is 1.52. The topological polar surface area (TPSA) is 49.1 Å². The summed E-state index contributed by atoms with van der Waals surface area (Å²) in [6.45, 7) is 0. The van der Waals surface area contributed by atoms with Gasteiger partial charge in [-0.2, -0.15) is 5.26 Å². The van der Waals surface area contributed by atoms with Gasteiger partial charge in [-0.25, -0.2) is 4.98 Å². The Kier molecular flexibility index (Phi) is 3.88. The summed E-state index contributed by atoms with van der Waals surface area (Å²) in [4.78, 5) is 6.00. The van der Waals surface area contributed by atoms with Crippen LogP contribution >= 0.6 is 11.6 Å². The summed E-state index contributed by atoms with van der Waals surface area (Å²) in [7, 11) is 3.89. The van der Waals surface area contributed by atoms with Crippen molar-refractivity contribution >= 4 is 17.3 Å². The van der Waals surface area contributed by atoms with Gasteiger partial charge in [0.1, 0.15) is 16.8 Å². The molecule has 96 valence electrons. The summed E-state index contributed by atoms with van der Waals surface area (Å²) in [5.41, 5.74) is 1.35. The maximum Gasteiger partial charge on any atom is 0.239 e. The first-order valence-corrected chi connectivity index (χ1v) is 5.99. The van der Waals surface area contributed by atoms with Gasteiger partial charge >= 0.3 is 0 Å². The van der Waals surface area contributed by atoms with Gasteiger partial charge in [0.05, 0.1) is 5.56 Å². The molecule has 0 unspecified atom stereocenters. The maximum absolute atomic E-state index is 8.90. The molecule has 0 aliphatic rings. The highest BCUT2D eigenvalue weighted by Crippen LogP contribution is 2.30. The second kappa shape index (κ2) is 5.59. The highest BCUT2D eigenvalue weighted by molar-refractivity contribution is 6.33. The molecule has 1 heterocycles. The monoisotopic (exact) mass is 273 g/mol. The molecule has 1 aromatic carbocycles. The maximum atomic E-state index is 8.90. The number of halogens is 1. The number of rotatable bonds is 3. The molecular formula is C14H12ClN3O. The van der Waals surface area contributed by atoms with Gasteiger partial charge < -0.3 is 9.64 Å². The van der Waals surface area contributed by atoms with Crippen LogP contribution in [0.25, 0.3) is 0 Å². The predicted octanol–water partition coefficient (Wildman–Crippen LogP) is 3.46. The molecule has 0 radical (unpaired) electrons. The highest BCUT2D eigenvalue weighted by atomic mass is 35.5. The van der Waals surface area contributed by atoms with Crippen LogP contribution in [0, 0.1) is 11.3 Å². The van der Waals surface area contributed by atoms with Crippen molar-refractivity contribution in [2.45, 2.75) is 0 Å². The van der Waals surface area contributed by atoms with E-state index in [1.54, 1.807) is 6.07 Å². The summed E-state index contributed by atoms with van der Waals surface area (Å²) in [6, 6.07) is 11.1. The molecule has 4 nitrogen and oxygen atoms in total. The zero-order valence-corrected chi connectivity index (χ0v) is 11.3. The van der Waals surface area contributed by atoms with E-state index in [0.717, 1.165) is 5.69 Å². The largest absolute Gasteiger partial charge is 0.437 e. The van der Waals surface area contributed by atoms with E-state index in [4.69, 9.17) is 21.6 Å². The molecule has 0 bridgehead atoms. The van der Waals surface area contributed by atoms with E-state index in [1.807, 2.05) is 49.3 Å². The lowest BCUT2D eigenvalue weighted by atomic mass is 10.3. The van der Waals surface area contributed by atoms with Gasteiger partial charge in [0.15, 0.2) is 0 Å². The Balaban J connectivity index is 2.32. The van der Waals surface area contributed by atoms with Crippen molar-refractivity contribution in [3.63, 3.8) is 0 Å². The van der Waals surface area contributed by atoms with Gasteiger partial charge in [-0.05, 0) is 18.2 Å². The van der Waals surface area contributed by atoms with E-state index in [2.05, 4.69) is 4.98 Å². The fourth-order valence-corrected chi connectivity index (χ4v) is 1.71. The number of hydrogen-bond acceptors (Lipinski definition) is 4. The minimum atomic E-state index is 0.222. The minimum Gasteiger partial charge on any atom is -0.437 e. The molecule has 2 rings (SSSR count). The Morgan fingerprint density at radius 2 is 2.11 bits per heavy atom. The van der Waals surface area contributed by atoms with Crippen LogP contribution in [0.5, 0.6) is 11.6 Å². The second-order valence-corrected chi connectivity index (χ2v) is 4.46.